The Morgan fingerprint density at radius 1 is 1.23 bits per heavy atom. The molecule has 8 heteroatoms. The van der Waals surface area contributed by atoms with Gasteiger partial charge in [-0.2, -0.15) is 0 Å². The number of methoxy groups -OCH3 is 1. The second kappa shape index (κ2) is 12.2. The van der Waals surface area contributed by atoms with Gasteiger partial charge >= 0.3 is 0 Å². The Bertz CT molecular complexity index is 975. The number of ether oxygens (including phenoxy) is 1. The maximum atomic E-state index is 10.1. The number of H-pyrrole nitrogens is 1. The van der Waals surface area contributed by atoms with E-state index in [1.807, 2.05) is 55.4 Å². The number of nitrogens with one attached hydrogen (secondary N) is 2. The van der Waals surface area contributed by atoms with Crippen molar-refractivity contribution in [2.24, 2.45) is 4.99 Å². The molecule has 1 aromatic heterocycles. The zero-order valence-corrected chi connectivity index (χ0v) is 20.5. The molecule has 0 bridgehead atoms. The lowest BCUT2D eigenvalue weighted by Crippen LogP contribution is -2.38. The van der Waals surface area contributed by atoms with E-state index < -0.39 is 0 Å². The summed E-state index contributed by atoms with van der Waals surface area (Å²) >= 11 is 0. The van der Waals surface area contributed by atoms with Gasteiger partial charge in [0.05, 0.1) is 25.5 Å². The second-order valence-corrected chi connectivity index (χ2v) is 6.95. The molecular formula is C23H30IN5O2. The van der Waals surface area contributed by atoms with Crippen molar-refractivity contribution in [3.05, 3.63) is 66.1 Å². The number of benzene rings is 2. The van der Waals surface area contributed by atoms with Gasteiger partial charge in [-0.25, -0.2) is 4.98 Å². The molecule has 0 unspecified atom stereocenters. The highest BCUT2D eigenvalue weighted by Crippen LogP contribution is 2.23. The number of aromatic amines is 1. The average molecular weight is 535 g/mol. The molecule has 0 saturated carbocycles. The number of aromatic nitrogens is 2. The van der Waals surface area contributed by atoms with E-state index in [1.54, 1.807) is 13.2 Å². The molecule has 3 aromatic rings. The fourth-order valence-electron chi connectivity index (χ4n) is 3.14. The van der Waals surface area contributed by atoms with E-state index in [1.165, 1.54) is 0 Å². The topological polar surface area (TPSA) is 85.8 Å². The van der Waals surface area contributed by atoms with Gasteiger partial charge in [0.15, 0.2) is 5.96 Å². The van der Waals surface area contributed by atoms with Crippen LogP contribution in [0.25, 0.3) is 11.3 Å². The number of hydrogen-bond acceptors (Lipinski definition) is 4. The number of phenols is 1. The van der Waals surface area contributed by atoms with E-state index in [9.17, 15) is 5.11 Å². The van der Waals surface area contributed by atoms with Crippen molar-refractivity contribution in [2.75, 3.05) is 27.2 Å². The van der Waals surface area contributed by atoms with E-state index in [4.69, 9.17) is 9.73 Å². The van der Waals surface area contributed by atoms with Gasteiger partial charge < -0.3 is 25.0 Å². The number of phenolic OH excluding ortho intramolecular Hbond substituents is 1. The van der Waals surface area contributed by atoms with E-state index >= 15 is 0 Å². The maximum absolute atomic E-state index is 10.1. The van der Waals surface area contributed by atoms with E-state index in [2.05, 4.69) is 27.4 Å². The molecule has 1 heterocycles. The van der Waals surface area contributed by atoms with E-state index in [0.29, 0.717) is 25.3 Å². The molecular weight excluding hydrogens is 505 g/mol. The van der Waals surface area contributed by atoms with E-state index in [0.717, 1.165) is 35.1 Å². The molecule has 3 N–H and O–H groups in total. The van der Waals surface area contributed by atoms with Crippen LogP contribution in [-0.4, -0.2) is 53.2 Å². The molecule has 7 nitrogen and oxygen atoms in total. The summed E-state index contributed by atoms with van der Waals surface area (Å²) in [6, 6.07) is 15.5. The van der Waals surface area contributed by atoms with E-state index in [-0.39, 0.29) is 29.7 Å². The Hall–Kier alpha value is -2.75. The third kappa shape index (κ3) is 6.88. The van der Waals surface area contributed by atoms with Gasteiger partial charge in [-0.3, -0.25) is 4.99 Å². The van der Waals surface area contributed by atoms with Crippen LogP contribution in [0.15, 0.2) is 59.7 Å². The first-order chi connectivity index (χ1) is 14.6. The average Bonchev–Trinajstić information content (AvgIpc) is 3.23. The van der Waals surface area contributed by atoms with Crippen LogP contribution < -0.4 is 10.1 Å². The maximum Gasteiger partial charge on any atom is 0.194 e. The Kier molecular flexibility index (Phi) is 9.64. The predicted molar refractivity (Wildman–Crippen MR) is 135 cm³/mol. The standard InChI is InChI=1S/C23H29N5O2.HI/c1-4-24-23(25-13-12-18-10-11-19(30-3)14-21(18)29)28(2)16-22-26-15-20(27-22)17-8-6-5-7-9-17;/h5-11,14-15,29H,4,12-13,16H2,1-3H3,(H,24,25)(H,26,27);1H. The van der Waals surface area contributed by atoms with Crippen LogP contribution in [-0.2, 0) is 13.0 Å². The van der Waals surface area contributed by atoms with Crippen LogP contribution in [0.5, 0.6) is 11.5 Å². The number of aromatic hydroxyl groups is 1. The molecule has 166 valence electrons. The first kappa shape index (κ1) is 24.5. The summed E-state index contributed by atoms with van der Waals surface area (Å²) in [7, 11) is 3.57. The molecule has 0 spiro atoms. The number of halogens is 1. The highest BCUT2D eigenvalue weighted by molar-refractivity contribution is 14.0. The summed E-state index contributed by atoms with van der Waals surface area (Å²) in [5.41, 5.74) is 2.95. The zero-order valence-electron chi connectivity index (χ0n) is 18.1. The lowest BCUT2D eigenvalue weighted by atomic mass is 10.1. The second-order valence-electron chi connectivity index (χ2n) is 6.95. The van der Waals surface area contributed by atoms with Crippen LogP contribution >= 0.6 is 24.0 Å². The summed E-state index contributed by atoms with van der Waals surface area (Å²) in [5.74, 6) is 2.53. The number of aliphatic imine (C=N–C) groups is 1. The van der Waals surface area contributed by atoms with Crippen molar-refractivity contribution in [1.29, 1.82) is 0 Å². The smallest absolute Gasteiger partial charge is 0.194 e. The molecule has 0 fully saturated rings. The monoisotopic (exact) mass is 535 g/mol. The normalized spacial score (nSPS) is 11.0. The minimum atomic E-state index is 0. The molecule has 31 heavy (non-hydrogen) atoms. The van der Waals surface area contributed by atoms with Crippen LogP contribution in [0.3, 0.4) is 0 Å². The molecule has 0 aliphatic heterocycles. The van der Waals surface area contributed by atoms with Crippen molar-refractivity contribution in [2.45, 2.75) is 19.9 Å². The lowest BCUT2D eigenvalue weighted by molar-refractivity contribution is 0.406. The number of hydrogen-bond donors (Lipinski definition) is 3. The van der Waals surface area contributed by atoms with Gasteiger partial charge in [0.2, 0.25) is 0 Å². The molecule has 0 radical (unpaired) electrons. The third-order valence-corrected chi connectivity index (χ3v) is 4.73. The largest absolute Gasteiger partial charge is 0.508 e. The minimum absolute atomic E-state index is 0. The number of nitrogens with zero attached hydrogens (tertiary/aromatic N) is 3. The van der Waals surface area contributed by atoms with Crippen molar-refractivity contribution in [3.63, 3.8) is 0 Å². The molecule has 0 aliphatic rings. The van der Waals surface area contributed by atoms with Gasteiger partial charge in [0.25, 0.3) is 0 Å². The van der Waals surface area contributed by atoms with Crippen molar-refractivity contribution >= 4 is 29.9 Å². The minimum Gasteiger partial charge on any atom is -0.508 e. The SMILES string of the molecule is CCNC(=NCCc1ccc(OC)cc1O)N(C)Cc1ncc(-c2ccccc2)[nH]1.I. The summed E-state index contributed by atoms with van der Waals surface area (Å²) in [6.07, 6.45) is 2.49. The van der Waals surface area contributed by atoms with Crippen LogP contribution in [0.1, 0.15) is 18.3 Å². The summed E-state index contributed by atoms with van der Waals surface area (Å²) < 4.78 is 5.13. The summed E-state index contributed by atoms with van der Waals surface area (Å²) in [6.45, 7) is 3.97. The van der Waals surface area contributed by atoms with Gasteiger partial charge in [0, 0.05) is 26.2 Å². The fourth-order valence-corrected chi connectivity index (χ4v) is 3.14. The zero-order chi connectivity index (χ0) is 21.3. The first-order valence-electron chi connectivity index (χ1n) is 10.0. The van der Waals surface area contributed by atoms with Crippen molar-refractivity contribution in [3.8, 4) is 22.8 Å². The Morgan fingerprint density at radius 3 is 2.68 bits per heavy atom. The molecule has 0 amide bonds. The Balaban J connectivity index is 0.00000341. The van der Waals surface area contributed by atoms with Crippen LogP contribution in [0.2, 0.25) is 0 Å². The number of guanidine groups is 1. The number of rotatable bonds is 8. The quantitative estimate of drug-likeness (QED) is 0.230. The van der Waals surface area contributed by atoms with Crippen molar-refractivity contribution in [1.82, 2.24) is 20.2 Å². The molecule has 0 saturated heterocycles. The van der Waals surface area contributed by atoms with Gasteiger partial charge in [0.1, 0.15) is 17.3 Å². The third-order valence-electron chi connectivity index (χ3n) is 4.73. The molecule has 0 atom stereocenters. The van der Waals surface area contributed by atoms with Gasteiger partial charge in [-0.1, -0.05) is 36.4 Å². The Morgan fingerprint density at radius 2 is 2.00 bits per heavy atom. The Labute approximate surface area is 200 Å². The van der Waals surface area contributed by atoms with Crippen molar-refractivity contribution < 1.29 is 9.84 Å². The highest BCUT2D eigenvalue weighted by atomic mass is 127. The lowest BCUT2D eigenvalue weighted by Gasteiger charge is -2.21. The number of imidazole rings is 1. The fraction of sp³-hybridized carbons (Fsp3) is 0.304. The summed E-state index contributed by atoms with van der Waals surface area (Å²) in [5, 5.41) is 13.4. The van der Waals surface area contributed by atoms with Gasteiger partial charge in [-0.15, -0.1) is 24.0 Å². The molecule has 2 aromatic carbocycles. The van der Waals surface area contributed by atoms with Crippen LogP contribution in [0.4, 0.5) is 0 Å². The van der Waals surface area contributed by atoms with Crippen LogP contribution in [0, 0.1) is 0 Å². The predicted octanol–water partition coefficient (Wildman–Crippen LogP) is 4.05. The van der Waals surface area contributed by atoms with Gasteiger partial charge in [-0.05, 0) is 30.5 Å². The molecule has 0 aliphatic carbocycles. The first-order valence-corrected chi connectivity index (χ1v) is 10.0. The highest BCUT2D eigenvalue weighted by Gasteiger charge is 2.10. The summed E-state index contributed by atoms with van der Waals surface area (Å²) in [4.78, 5) is 14.6. The molecule has 3 rings (SSSR count).